The van der Waals surface area contributed by atoms with Crippen LogP contribution in [0, 0.1) is 16.7 Å². The molecule has 2 N–H and O–H groups in total. The molecule has 25 heavy (non-hydrogen) atoms. The largest absolute Gasteiger partial charge is 0.481 e. The van der Waals surface area contributed by atoms with E-state index in [9.17, 15) is 14.7 Å². The smallest absolute Gasteiger partial charge is 0.309 e. The summed E-state index contributed by atoms with van der Waals surface area (Å²) in [6, 6.07) is 10.2. The van der Waals surface area contributed by atoms with E-state index in [2.05, 4.69) is 26.0 Å². The Balaban J connectivity index is 2.82. The van der Waals surface area contributed by atoms with Gasteiger partial charge in [-0.05, 0) is 62.8 Å². The molecule has 4 heteroatoms. The Hall–Kier alpha value is -1.84. The molecule has 0 aliphatic carbocycles. The van der Waals surface area contributed by atoms with Crippen LogP contribution in [0.15, 0.2) is 30.3 Å². The third kappa shape index (κ3) is 8.19. The summed E-state index contributed by atoms with van der Waals surface area (Å²) in [4.78, 5) is 22.3. The zero-order valence-electron chi connectivity index (χ0n) is 15.9. The van der Waals surface area contributed by atoms with Gasteiger partial charge < -0.3 is 10.2 Å². The van der Waals surface area contributed by atoms with Crippen molar-refractivity contribution in [1.29, 1.82) is 0 Å². The van der Waals surface area contributed by atoms with Gasteiger partial charge in [-0.15, -0.1) is 0 Å². The fraction of sp³-hybridized carbons (Fsp3) is 0.619. The summed E-state index contributed by atoms with van der Waals surface area (Å²) in [6.45, 7) is 7.87. The lowest BCUT2D eigenvalue weighted by atomic mass is 9.71. The molecule has 0 fully saturated rings. The molecule has 0 aromatic heterocycles. The van der Waals surface area contributed by atoms with Crippen molar-refractivity contribution < 1.29 is 19.8 Å². The Morgan fingerprint density at radius 1 is 1.00 bits per heavy atom. The lowest BCUT2D eigenvalue weighted by Gasteiger charge is -2.33. The lowest BCUT2D eigenvalue weighted by Crippen LogP contribution is -2.30. The second kappa shape index (κ2) is 9.02. The number of carbonyl (C=O) groups is 2. The first kappa shape index (κ1) is 21.2. The van der Waals surface area contributed by atoms with Crippen molar-refractivity contribution in [2.24, 2.45) is 16.7 Å². The molecule has 0 aliphatic rings. The average Bonchev–Trinajstić information content (AvgIpc) is 2.46. The second-order valence-corrected chi connectivity index (χ2v) is 8.56. The van der Waals surface area contributed by atoms with Gasteiger partial charge in [0, 0.05) is 6.42 Å². The van der Waals surface area contributed by atoms with E-state index in [0.717, 1.165) is 19.3 Å². The van der Waals surface area contributed by atoms with Crippen LogP contribution >= 0.6 is 0 Å². The van der Waals surface area contributed by atoms with Crippen molar-refractivity contribution in [3.05, 3.63) is 35.9 Å². The van der Waals surface area contributed by atoms with Gasteiger partial charge >= 0.3 is 11.9 Å². The third-order valence-corrected chi connectivity index (χ3v) is 4.83. The molecule has 4 nitrogen and oxygen atoms in total. The lowest BCUT2D eigenvalue weighted by molar-refractivity contribution is -0.148. The van der Waals surface area contributed by atoms with Gasteiger partial charge in [0.2, 0.25) is 0 Å². The van der Waals surface area contributed by atoms with Crippen LogP contribution in [0.3, 0.4) is 0 Å². The highest BCUT2D eigenvalue weighted by Gasteiger charge is 2.33. The van der Waals surface area contributed by atoms with Crippen LogP contribution in [0.5, 0.6) is 0 Å². The molecule has 1 aromatic carbocycles. The van der Waals surface area contributed by atoms with Crippen LogP contribution in [-0.2, 0) is 16.0 Å². The van der Waals surface area contributed by atoms with E-state index in [1.54, 1.807) is 13.8 Å². The summed E-state index contributed by atoms with van der Waals surface area (Å²) in [5.74, 6) is -1.29. The fourth-order valence-electron chi connectivity index (χ4n) is 3.57. The first-order valence-corrected chi connectivity index (χ1v) is 9.01. The minimum Gasteiger partial charge on any atom is -0.481 e. The first-order valence-electron chi connectivity index (χ1n) is 9.01. The molecule has 140 valence electrons. The Kier molecular flexibility index (Phi) is 7.65. The summed E-state index contributed by atoms with van der Waals surface area (Å²) >= 11 is 0. The van der Waals surface area contributed by atoms with Crippen LogP contribution in [-0.4, -0.2) is 22.2 Å². The van der Waals surface area contributed by atoms with Crippen molar-refractivity contribution >= 4 is 11.9 Å². The van der Waals surface area contributed by atoms with E-state index in [-0.39, 0.29) is 17.8 Å². The molecule has 1 rings (SSSR count). The van der Waals surface area contributed by atoms with Crippen molar-refractivity contribution in [1.82, 2.24) is 0 Å². The van der Waals surface area contributed by atoms with E-state index in [1.807, 2.05) is 18.2 Å². The normalized spacial score (nSPS) is 13.4. The van der Waals surface area contributed by atoms with E-state index in [1.165, 1.54) is 5.56 Å². The highest BCUT2D eigenvalue weighted by molar-refractivity contribution is 5.73. The molecule has 0 saturated carbocycles. The molecular weight excluding hydrogens is 316 g/mol. The molecule has 1 atom stereocenters. The summed E-state index contributed by atoms with van der Waals surface area (Å²) in [7, 11) is 0. The minimum absolute atomic E-state index is 0.0104. The summed E-state index contributed by atoms with van der Waals surface area (Å²) in [5, 5.41) is 18.3. The Morgan fingerprint density at radius 2 is 1.60 bits per heavy atom. The molecule has 0 aliphatic heterocycles. The number of carboxylic acid groups (broad SMARTS) is 2. The Bertz CT molecular complexity index is 561. The monoisotopic (exact) mass is 348 g/mol. The number of hydrogen-bond acceptors (Lipinski definition) is 2. The van der Waals surface area contributed by atoms with Crippen molar-refractivity contribution in [3.63, 3.8) is 0 Å². The maximum absolute atomic E-state index is 11.6. The van der Waals surface area contributed by atoms with Gasteiger partial charge in [0.15, 0.2) is 0 Å². The quantitative estimate of drug-likeness (QED) is 0.589. The van der Waals surface area contributed by atoms with Gasteiger partial charge in [-0.3, -0.25) is 9.59 Å². The molecule has 1 unspecified atom stereocenters. The van der Waals surface area contributed by atoms with Crippen LogP contribution < -0.4 is 0 Å². The molecular formula is C21H32O4. The van der Waals surface area contributed by atoms with Crippen LogP contribution in [0.25, 0.3) is 0 Å². The summed E-state index contributed by atoms with van der Waals surface area (Å²) in [5.41, 5.74) is 0.440. The van der Waals surface area contributed by atoms with Gasteiger partial charge in [-0.25, -0.2) is 0 Å². The molecule has 0 saturated heterocycles. The summed E-state index contributed by atoms with van der Waals surface area (Å²) < 4.78 is 0. The SMILES string of the molecule is CC(C)(CCCC(=O)O)CC(Cc1ccccc1)CC(C)(C)C(=O)O. The van der Waals surface area contributed by atoms with Crippen molar-refractivity contribution in [2.45, 2.75) is 66.2 Å². The molecule has 0 amide bonds. The average molecular weight is 348 g/mol. The van der Waals surface area contributed by atoms with Gasteiger partial charge in [-0.1, -0.05) is 44.2 Å². The molecule has 0 bridgehead atoms. The topological polar surface area (TPSA) is 74.6 Å². The molecule has 0 heterocycles. The second-order valence-electron chi connectivity index (χ2n) is 8.56. The van der Waals surface area contributed by atoms with E-state index >= 15 is 0 Å². The van der Waals surface area contributed by atoms with E-state index < -0.39 is 17.4 Å². The van der Waals surface area contributed by atoms with Crippen molar-refractivity contribution in [2.75, 3.05) is 0 Å². The number of aliphatic carboxylic acids is 2. The third-order valence-electron chi connectivity index (χ3n) is 4.83. The molecule has 1 aromatic rings. The predicted molar refractivity (Wildman–Crippen MR) is 99.6 cm³/mol. The van der Waals surface area contributed by atoms with Gasteiger partial charge in [-0.2, -0.15) is 0 Å². The van der Waals surface area contributed by atoms with Crippen LogP contribution in [0.2, 0.25) is 0 Å². The zero-order chi connectivity index (χ0) is 19.1. The molecule has 0 radical (unpaired) electrons. The van der Waals surface area contributed by atoms with E-state index in [0.29, 0.717) is 12.8 Å². The Labute approximate surface area is 151 Å². The molecule has 0 spiro atoms. The van der Waals surface area contributed by atoms with Crippen LogP contribution in [0.1, 0.15) is 65.4 Å². The summed E-state index contributed by atoms with van der Waals surface area (Å²) in [6.07, 6.45) is 4.02. The number of hydrogen-bond donors (Lipinski definition) is 2. The number of benzene rings is 1. The number of rotatable bonds is 11. The fourth-order valence-corrected chi connectivity index (χ4v) is 3.57. The predicted octanol–water partition coefficient (Wildman–Crippen LogP) is 5.02. The highest BCUT2D eigenvalue weighted by atomic mass is 16.4. The van der Waals surface area contributed by atoms with Crippen molar-refractivity contribution in [3.8, 4) is 0 Å². The van der Waals surface area contributed by atoms with Gasteiger partial charge in [0.05, 0.1) is 5.41 Å². The Morgan fingerprint density at radius 3 is 2.12 bits per heavy atom. The number of carboxylic acids is 2. The standard InChI is InChI=1S/C21H32O4/c1-20(2,12-8-11-18(22)23)14-17(15-21(3,4)19(24)25)13-16-9-6-5-7-10-16/h5-7,9-10,17H,8,11-15H2,1-4H3,(H,22,23)(H,24,25). The van der Waals surface area contributed by atoms with Crippen LogP contribution in [0.4, 0.5) is 0 Å². The van der Waals surface area contributed by atoms with E-state index in [4.69, 9.17) is 5.11 Å². The highest BCUT2D eigenvalue weighted by Crippen LogP contribution is 2.38. The zero-order valence-corrected chi connectivity index (χ0v) is 15.9. The maximum Gasteiger partial charge on any atom is 0.309 e. The van der Waals surface area contributed by atoms with Gasteiger partial charge in [0.25, 0.3) is 0 Å². The first-order chi connectivity index (χ1) is 11.5. The van der Waals surface area contributed by atoms with Gasteiger partial charge in [0.1, 0.15) is 0 Å². The maximum atomic E-state index is 11.6. The minimum atomic E-state index is -0.769.